The summed E-state index contributed by atoms with van der Waals surface area (Å²) in [6.45, 7) is 2.26. The number of primary amides is 1. The van der Waals surface area contributed by atoms with Crippen LogP contribution in [-0.2, 0) is 10.0 Å². The van der Waals surface area contributed by atoms with Crippen molar-refractivity contribution in [1.82, 2.24) is 9.21 Å². The SMILES string of the molecule is CN1CCN(S(=O)(=O)c2ccc(-c3cccc(C(N)=O)c3)cc2Cl)CC1. The van der Waals surface area contributed by atoms with E-state index in [2.05, 4.69) is 4.90 Å². The molecule has 0 atom stereocenters. The van der Waals surface area contributed by atoms with Gasteiger partial charge >= 0.3 is 0 Å². The van der Waals surface area contributed by atoms with Crippen LogP contribution in [0.1, 0.15) is 10.4 Å². The molecule has 1 amide bonds. The average molecular weight is 394 g/mol. The van der Waals surface area contributed by atoms with Gasteiger partial charge in [-0.1, -0.05) is 29.8 Å². The van der Waals surface area contributed by atoms with E-state index in [9.17, 15) is 13.2 Å². The zero-order chi connectivity index (χ0) is 18.9. The van der Waals surface area contributed by atoms with E-state index in [1.54, 1.807) is 30.3 Å². The van der Waals surface area contributed by atoms with E-state index in [1.807, 2.05) is 13.1 Å². The monoisotopic (exact) mass is 393 g/mol. The van der Waals surface area contributed by atoms with Gasteiger partial charge < -0.3 is 10.6 Å². The number of nitrogens with zero attached hydrogens (tertiary/aromatic N) is 2. The average Bonchev–Trinajstić information content (AvgIpc) is 2.62. The summed E-state index contributed by atoms with van der Waals surface area (Å²) < 4.78 is 27.2. The highest BCUT2D eigenvalue weighted by Crippen LogP contribution is 2.30. The van der Waals surface area contributed by atoms with Crippen LogP contribution >= 0.6 is 11.6 Å². The maximum Gasteiger partial charge on any atom is 0.248 e. The Kier molecular flexibility index (Phi) is 5.34. The van der Waals surface area contributed by atoms with Crippen molar-refractivity contribution in [1.29, 1.82) is 0 Å². The van der Waals surface area contributed by atoms with Crippen LogP contribution in [0.4, 0.5) is 0 Å². The molecule has 1 saturated heterocycles. The maximum absolute atomic E-state index is 12.9. The van der Waals surface area contributed by atoms with Gasteiger partial charge in [-0.3, -0.25) is 4.79 Å². The van der Waals surface area contributed by atoms with Crippen molar-refractivity contribution in [3.63, 3.8) is 0 Å². The lowest BCUT2D eigenvalue weighted by atomic mass is 10.0. The van der Waals surface area contributed by atoms with E-state index in [4.69, 9.17) is 17.3 Å². The summed E-state index contributed by atoms with van der Waals surface area (Å²) in [4.78, 5) is 13.5. The topological polar surface area (TPSA) is 83.7 Å². The van der Waals surface area contributed by atoms with Crippen molar-refractivity contribution in [3.05, 3.63) is 53.1 Å². The number of rotatable bonds is 4. The molecule has 1 aliphatic heterocycles. The van der Waals surface area contributed by atoms with Gasteiger partial charge in [0.25, 0.3) is 0 Å². The molecule has 6 nitrogen and oxygen atoms in total. The minimum atomic E-state index is -3.64. The number of amides is 1. The molecule has 0 spiro atoms. The fraction of sp³-hybridized carbons (Fsp3) is 0.278. The van der Waals surface area contributed by atoms with E-state index in [0.717, 1.165) is 11.1 Å². The van der Waals surface area contributed by atoms with Crippen molar-refractivity contribution in [2.75, 3.05) is 33.2 Å². The molecule has 0 unspecified atom stereocenters. The third kappa shape index (κ3) is 3.76. The summed E-state index contributed by atoms with van der Waals surface area (Å²) in [7, 11) is -1.67. The lowest BCUT2D eigenvalue weighted by Crippen LogP contribution is -2.47. The minimum Gasteiger partial charge on any atom is -0.366 e. The molecule has 0 aliphatic carbocycles. The van der Waals surface area contributed by atoms with Crippen molar-refractivity contribution >= 4 is 27.5 Å². The molecule has 1 aliphatic rings. The Morgan fingerprint density at radius 2 is 1.69 bits per heavy atom. The summed E-state index contributed by atoms with van der Waals surface area (Å²) in [5.41, 5.74) is 7.15. The van der Waals surface area contributed by atoms with Crippen LogP contribution < -0.4 is 5.73 Å². The first-order valence-corrected chi connectivity index (χ1v) is 9.99. The number of nitrogens with two attached hydrogens (primary N) is 1. The quantitative estimate of drug-likeness (QED) is 0.861. The Morgan fingerprint density at radius 3 is 2.31 bits per heavy atom. The van der Waals surface area contributed by atoms with E-state index in [-0.39, 0.29) is 9.92 Å². The molecule has 1 fully saturated rings. The third-order valence-corrected chi connectivity index (χ3v) is 6.87. The Morgan fingerprint density at radius 1 is 1.04 bits per heavy atom. The number of benzene rings is 2. The molecule has 8 heteroatoms. The molecule has 0 bridgehead atoms. The van der Waals surface area contributed by atoms with Gasteiger partial charge in [0.2, 0.25) is 15.9 Å². The van der Waals surface area contributed by atoms with Crippen molar-refractivity contribution < 1.29 is 13.2 Å². The van der Waals surface area contributed by atoms with Gasteiger partial charge in [0.1, 0.15) is 4.90 Å². The summed E-state index contributed by atoms with van der Waals surface area (Å²) in [5, 5.41) is 0.158. The number of hydrogen-bond donors (Lipinski definition) is 1. The van der Waals surface area contributed by atoms with E-state index >= 15 is 0 Å². The number of piperazine rings is 1. The summed E-state index contributed by atoms with van der Waals surface area (Å²) >= 11 is 6.31. The molecule has 2 aromatic rings. The van der Waals surface area contributed by atoms with E-state index in [0.29, 0.717) is 31.7 Å². The van der Waals surface area contributed by atoms with Crippen LogP contribution in [0.5, 0.6) is 0 Å². The van der Waals surface area contributed by atoms with Crippen LogP contribution in [0.25, 0.3) is 11.1 Å². The number of carbonyl (C=O) groups excluding carboxylic acids is 1. The van der Waals surface area contributed by atoms with Crippen molar-refractivity contribution in [2.24, 2.45) is 5.73 Å². The Hall–Kier alpha value is -1.93. The standard InChI is InChI=1S/C18H20ClN3O3S/c1-21-7-9-22(10-8-21)26(24,25)17-6-5-14(12-16(17)19)13-3-2-4-15(11-13)18(20)23/h2-6,11-12H,7-10H2,1H3,(H2,20,23). The molecule has 2 N–H and O–H groups in total. The van der Waals surface area contributed by atoms with Gasteiger partial charge in [-0.25, -0.2) is 8.42 Å². The predicted molar refractivity (Wildman–Crippen MR) is 102 cm³/mol. The van der Waals surface area contributed by atoms with Crippen LogP contribution in [-0.4, -0.2) is 56.8 Å². The number of likely N-dealkylation sites (N-methyl/N-ethyl adjacent to an activating group) is 1. The van der Waals surface area contributed by atoms with Crippen LogP contribution in [0, 0.1) is 0 Å². The second kappa shape index (κ2) is 7.36. The summed E-state index contributed by atoms with van der Waals surface area (Å²) in [6.07, 6.45) is 0. The molecule has 0 radical (unpaired) electrons. The number of carbonyl (C=O) groups is 1. The lowest BCUT2D eigenvalue weighted by molar-refractivity contribution is 0.100. The smallest absolute Gasteiger partial charge is 0.248 e. The third-order valence-electron chi connectivity index (χ3n) is 4.49. The molecule has 2 aromatic carbocycles. The molecule has 3 rings (SSSR count). The molecule has 1 heterocycles. The molecule has 138 valence electrons. The largest absolute Gasteiger partial charge is 0.366 e. The van der Waals surface area contributed by atoms with Crippen molar-refractivity contribution in [2.45, 2.75) is 4.90 Å². The van der Waals surface area contributed by atoms with Crippen LogP contribution in [0.2, 0.25) is 5.02 Å². The molecule has 26 heavy (non-hydrogen) atoms. The molecular weight excluding hydrogens is 374 g/mol. The van der Waals surface area contributed by atoms with Crippen LogP contribution in [0.15, 0.2) is 47.4 Å². The summed E-state index contributed by atoms with van der Waals surface area (Å²) in [5.74, 6) is -0.521. The fourth-order valence-corrected chi connectivity index (χ4v) is 4.85. The fourth-order valence-electron chi connectivity index (χ4n) is 2.91. The normalized spacial score (nSPS) is 16.5. The number of sulfonamides is 1. The molecule has 0 aromatic heterocycles. The molecular formula is C18H20ClN3O3S. The van der Waals surface area contributed by atoms with Crippen LogP contribution in [0.3, 0.4) is 0 Å². The first-order chi connectivity index (χ1) is 12.3. The van der Waals surface area contributed by atoms with Crippen molar-refractivity contribution in [3.8, 4) is 11.1 Å². The first-order valence-electron chi connectivity index (χ1n) is 8.17. The van der Waals surface area contributed by atoms with Gasteiger partial charge in [0.05, 0.1) is 5.02 Å². The number of hydrogen-bond acceptors (Lipinski definition) is 4. The highest BCUT2D eigenvalue weighted by molar-refractivity contribution is 7.89. The Balaban J connectivity index is 1.93. The van der Waals surface area contributed by atoms with Gasteiger partial charge in [-0.2, -0.15) is 4.31 Å². The zero-order valence-electron chi connectivity index (χ0n) is 14.4. The summed E-state index contributed by atoms with van der Waals surface area (Å²) in [6, 6.07) is 11.6. The predicted octanol–water partition coefficient (Wildman–Crippen LogP) is 2.04. The zero-order valence-corrected chi connectivity index (χ0v) is 15.9. The van der Waals surface area contributed by atoms with Gasteiger partial charge in [-0.05, 0) is 42.4 Å². The second-order valence-electron chi connectivity index (χ2n) is 6.30. The maximum atomic E-state index is 12.9. The highest BCUT2D eigenvalue weighted by Gasteiger charge is 2.29. The Bertz CT molecular complexity index is 938. The first kappa shape index (κ1) is 18.8. The minimum absolute atomic E-state index is 0.0959. The molecule has 0 saturated carbocycles. The lowest BCUT2D eigenvalue weighted by Gasteiger charge is -2.31. The van der Waals surface area contributed by atoms with E-state index < -0.39 is 15.9 Å². The highest BCUT2D eigenvalue weighted by atomic mass is 35.5. The Labute approximate surface area is 158 Å². The number of halogens is 1. The van der Waals surface area contributed by atoms with Gasteiger partial charge in [-0.15, -0.1) is 0 Å². The van der Waals surface area contributed by atoms with Gasteiger partial charge in [0.15, 0.2) is 0 Å². The van der Waals surface area contributed by atoms with Gasteiger partial charge in [0, 0.05) is 31.7 Å². The van der Waals surface area contributed by atoms with E-state index in [1.165, 1.54) is 10.4 Å². The second-order valence-corrected chi connectivity index (χ2v) is 8.61.